The Bertz CT molecular complexity index is 1010. The monoisotopic (exact) mass is 357 g/mol. The SMILES string of the molecule is CCCCCCCCCCc1cc(N)c2ccc3cccc4ccc1c2c34. The summed E-state index contributed by atoms with van der Waals surface area (Å²) in [5, 5.41) is 7.96. The van der Waals surface area contributed by atoms with Gasteiger partial charge in [0.1, 0.15) is 0 Å². The van der Waals surface area contributed by atoms with E-state index in [2.05, 4.69) is 55.5 Å². The van der Waals surface area contributed by atoms with Gasteiger partial charge < -0.3 is 5.73 Å². The van der Waals surface area contributed by atoms with Crippen LogP contribution in [-0.2, 0) is 6.42 Å². The van der Waals surface area contributed by atoms with Crippen molar-refractivity contribution in [3.63, 3.8) is 0 Å². The molecule has 2 N–H and O–H groups in total. The van der Waals surface area contributed by atoms with Gasteiger partial charge in [0.2, 0.25) is 0 Å². The van der Waals surface area contributed by atoms with Gasteiger partial charge in [-0.3, -0.25) is 0 Å². The lowest BCUT2D eigenvalue weighted by atomic mass is 9.89. The maximum Gasteiger partial charge on any atom is 0.0397 e. The van der Waals surface area contributed by atoms with Crippen molar-refractivity contribution >= 4 is 38.0 Å². The number of rotatable bonds is 9. The van der Waals surface area contributed by atoms with E-state index in [0.717, 1.165) is 12.1 Å². The Morgan fingerprint density at radius 2 is 1.30 bits per heavy atom. The lowest BCUT2D eigenvalue weighted by Gasteiger charge is -2.15. The smallest absolute Gasteiger partial charge is 0.0397 e. The summed E-state index contributed by atoms with van der Waals surface area (Å²) in [5.41, 5.74) is 8.81. The minimum Gasteiger partial charge on any atom is -0.398 e. The normalized spacial score (nSPS) is 11.9. The van der Waals surface area contributed by atoms with Gasteiger partial charge in [-0.05, 0) is 51.4 Å². The van der Waals surface area contributed by atoms with E-state index in [1.54, 1.807) is 0 Å². The molecule has 0 atom stereocenters. The molecule has 0 heterocycles. The molecular formula is C26H31N. The highest BCUT2D eigenvalue weighted by molar-refractivity contribution is 6.25. The van der Waals surface area contributed by atoms with Crippen LogP contribution in [0.15, 0.2) is 48.5 Å². The summed E-state index contributed by atoms with van der Waals surface area (Å²) in [7, 11) is 0. The number of nitrogen functional groups attached to an aromatic ring is 1. The van der Waals surface area contributed by atoms with Crippen LogP contribution in [0, 0.1) is 0 Å². The maximum atomic E-state index is 6.47. The third-order valence-corrected chi connectivity index (χ3v) is 6.06. The van der Waals surface area contributed by atoms with Crippen LogP contribution in [0.1, 0.15) is 63.9 Å². The minimum atomic E-state index is 0.926. The average molecular weight is 358 g/mol. The van der Waals surface area contributed by atoms with Crippen molar-refractivity contribution in [2.75, 3.05) is 5.73 Å². The average Bonchev–Trinajstić information content (AvgIpc) is 2.69. The van der Waals surface area contributed by atoms with Crippen molar-refractivity contribution < 1.29 is 0 Å². The van der Waals surface area contributed by atoms with E-state index in [4.69, 9.17) is 5.73 Å². The molecule has 0 bridgehead atoms. The van der Waals surface area contributed by atoms with Crippen LogP contribution in [0.5, 0.6) is 0 Å². The van der Waals surface area contributed by atoms with Gasteiger partial charge in [-0.15, -0.1) is 0 Å². The van der Waals surface area contributed by atoms with E-state index in [-0.39, 0.29) is 0 Å². The van der Waals surface area contributed by atoms with Crippen LogP contribution < -0.4 is 5.73 Å². The van der Waals surface area contributed by atoms with Crippen molar-refractivity contribution in [1.82, 2.24) is 0 Å². The van der Waals surface area contributed by atoms with Crippen molar-refractivity contribution in [3.8, 4) is 0 Å². The fourth-order valence-corrected chi connectivity index (χ4v) is 4.59. The summed E-state index contributed by atoms with van der Waals surface area (Å²) < 4.78 is 0. The first-order valence-electron chi connectivity index (χ1n) is 10.7. The van der Waals surface area contributed by atoms with E-state index in [9.17, 15) is 0 Å². The van der Waals surface area contributed by atoms with Gasteiger partial charge in [0.05, 0.1) is 0 Å². The van der Waals surface area contributed by atoms with Crippen LogP contribution in [0.3, 0.4) is 0 Å². The molecule has 0 saturated heterocycles. The number of hydrogen-bond acceptors (Lipinski definition) is 1. The standard InChI is InChI=1S/C26H31N/c1-2-3-4-5-6-7-8-9-11-21-18-24(27)23-17-15-20-13-10-12-19-14-16-22(21)26(23)25(19)20/h10,12-18H,2-9,11,27H2,1H3. The molecule has 0 aliphatic carbocycles. The molecule has 0 amide bonds. The predicted molar refractivity (Wildman–Crippen MR) is 121 cm³/mol. The Kier molecular flexibility index (Phi) is 5.48. The number of nitrogens with two attached hydrogens (primary N) is 1. The van der Waals surface area contributed by atoms with Crippen LogP contribution in [0.25, 0.3) is 32.3 Å². The molecule has 0 radical (unpaired) electrons. The van der Waals surface area contributed by atoms with E-state index in [1.165, 1.54) is 89.2 Å². The molecule has 0 spiro atoms. The minimum absolute atomic E-state index is 0.926. The Hall–Kier alpha value is -2.28. The molecule has 0 saturated carbocycles. The molecule has 0 aromatic heterocycles. The number of anilines is 1. The van der Waals surface area contributed by atoms with E-state index < -0.39 is 0 Å². The zero-order valence-electron chi connectivity index (χ0n) is 16.6. The summed E-state index contributed by atoms with van der Waals surface area (Å²) in [6, 6.07) is 17.8. The first-order valence-corrected chi connectivity index (χ1v) is 10.7. The highest BCUT2D eigenvalue weighted by Crippen LogP contribution is 2.39. The Morgan fingerprint density at radius 3 is 2.00 bits per heavy atom. The third-order valence-electron chi connectivity index (χ3n) is 6.06. The van der Waals surface area contributed by atoms with Crippen molar-refractivity contribution in [1.29, 1.82) is 0 Å². The molecular weight excluding hydrogens is 326 g/mol. The van der Waals surface area contributed by atoms with Crippen molar-refractivity contribution in [2.45, 2.75) is 64.7 Å². The lowest BCUT2D eigenvalue weighted by Crippen LogP contribution is -1.96. The molecule has 0 fully saturated rings. The van der Waals surface area contributed by atoms with Gasteiger partial charge in [0.25, 0.3) is 0 Å². The highest BCUT2D eigenvalue weighted by Gasteiger charge is 2.12. The van der Waals surface area contributed by atoms with Gasteiger partial charge in [0, 0.05) is 11.1 Å². The fourth-order valence-electron chi connectivity index (χ4n) is 4.59. The van der Waals surface area contributed by atoms with Gasteiger partial charge >= 0.3 is 0 Å². The van der Waals surface area contributed by atoms with E-state index in [1.807, 2.05) is 0 Å². The first-order chi connectivity index (χ1) is 13.3. The molecule has 4 aromatic rings. The van der Waals surface area contributed by atoms with Crippen molar-refractivity contribution in [2.24, 2.45) is 0 Å². The molecule has 27 heavy (non-hydrogen) atoms. The molecule has 0 aliphatic heterocycles. The highest BCUT2D eigenvalue weighted by atomic mass is 14.6. The Labute approximate surface area is 162 Å². The van der Waals surface area contributed by atoms with Gasteiger partial charge in [-0.2, -0.15) is 0 Å². The summed E-state index contributed by atoms with van der Waals surface area (Å²) in [6.45, 7) is 2.28. The van der Waals surface area contributed by atoms with Crippen LogP contribution in [-0.4, -0.2) is 0 Å². The zero-order chi connectivity index (χ0) is 18.6. The molecule has 1 nitrogen and oxygen atoms in total. The fraction of sp³-hybridized carbons (Fsp3) is 0.385. The zero-order valence-corrected chi connectivity index (χ0v) is 16.6. The second kappa shape index (κ2) is 8.17. The Morgan fingerprint density at radius 1 is 0.667 bits per heavy atom. The molecule has 140 valence electrons. The Balaban J connectivity index is 1.55. The van der Waals surface area contributed by atoms with Crippen LogP contribution in [0.4, 0.5) is 5.69 Å². The van der Waals surface area contributed by atoms with E-state index in [0.29, 0.717) is 0 Å². The molecule has 4 rings (SSSR count). The largest absolute Gasteiger partial charge is 0.398 e. The summed E-state index contributed by atoms with van der Waals surface area (Å²) in [5.74, 6) is 0. The molecule has 1 heteroatoms. The summed E-state index contributed by atoms with van der Waals surface area (Å²) in [4.78, 5) is 0. The second-order valence-corrected chi connectivity index (χ2v) is 8.03. The molecule has 0 aliphatic rings. The first kappa shape index (κ1) is 18.1. The summed E-state index contributed by atoms with van der Waals surface area (Å²) >= 11 is 0. The van der Waals surface area contributed by atoms with Crippen LogP contribution in [0.2, 0.25) is 0 Å². The number of aryl methyl sites for hydroxylation is 1. The molecule has 4 aromatic carbocycles. The van der Waals surface area contributed by atoms with Gasteiger partial charge in [-0.1, -0.05) is 94.3 Å². The quantitative estimate of drug-likeness (QED) is 0.184. The van der Waals surface area contributed by atoms with E-state index >= 15 is 0 Å². The third kappa shape index (κ3) is 3.60. The predicted octanol–water partition coefficient (Wildman–Crippen LogP) is 7.85. The van der Waals surface area contributed by atoms with Gasteiger partial charge in [0.15, 0.2) is 0 Å². The number of benzene rings is 4. The molecule has 0 unspecified atom stereocenters. The van der Waals surface area contributed by atoms with Crippen LogP contribution >= 0.6 is 0 Å². The lowest BCUT2D eigenvalue weighted by molar-refractivity contribution is 0.576. The topological polar surface area (TPSA) is 26.0 Å². The van der Waals surface area contributed by atoms with Gasteiger partial charge in [-0.25, -0.2) is 0 Å². The number of hydrogen-bond donors (Lipinski definition) is 1. The van der Waals surface area contributed by atoms with Crippen molar-refractivity contribution in [3.05, 3.63) is 54.1 Å². The number of unbranched alkanes of at least 4 members (excludes halogenated alkanes) is 7. The maximum absolute atomic E-state index is 6.47. The second-order valence-electron chi connectivity index (χ2n) is 8.03. The summed E-state index contributed by atoms with van der Waals surface area (Å²) in [6.07, 6.45) is 12.0.